The Labute approximate surface area is 133 Å². The van der Waals surface area contributed by atoms with Gasteiger partial charge in [-0.25, -0.2) is 0 Å². The maximum atomic E-state index is 2.88. The van der Waals surface area contributed by atoms with Crippen molar-refractivity contribution in [1.29, 1.82) is 0 Å². The van der Waals surface area contributed by atoms with Crippen molar-refractivity contribution in [2.45, 2.75) is 93.4 Å². The first-order chi connectivity index (χ1) is 9.56. The first-order valence-electron chi connectivity index (χ1n) is 8.98. The van der Waals surface area contributed by atoms with Crippen LogP contribution in [-0.4, -0.2) is 28.3 Å². The van der Waals surface area contributed by atoms with Crippen molar-refractivity contribution in [3.63, 3.8) is 0 Å². The number of hydrogen-bond acceptors (Lipinski definition) is 1. The van der Waals surface area contributed by atoms with Gasteiger partial charge in [0.05, 0.1) is 0 Å². The van der Waals surface area contributed by atoms with E-state index >= 15 is 0 Å². The molecular weight excluding hydrogens is 349 g/mol. The van der Waals surface area contributed by atoms with Crippen LogP contribution in [0, 0.1) is 0 Å². The van der Waals surface area contributed by atoms with Gasteiger partial charge in [-0.05, 0) is 0 Å². The third kappa shape index (κ3) is 7.38. The summed E-state index contributed by atoms with van der Waals surface area (Å²) >= 11 is -2.17. The van der Waals surface area contributed by atoms with Crippen LogP contribution in [0.3, 0.4) is 0 Å². The fourth-order valence-electron chi connectivity index (χ4n) is 3.20. The summed E-state index contributed by atoms with van der Waals surface area (Å²) in [6.07, 6.45) is 11.0. The zero-order valence-electron chi connectivity index (χ0n) is 15.1. The Morgan fingerprint density at radius 3 is 1.45 bits per heavy atom. The first kappa shape index (κ1) is 20.3. The minimum absolute atomic E-state index is 1.23. The molecule has 0 aliphatic carbocycles. The molecule has 0 heterocycles. The Balaban J connectivity index is 5.22. The van der Waals surface area contributed by atoms with Gasteiger partial charge in [0, 0.05) is 0 Å². The molecule has 20 heavy (non-hydrogen) atoms. The molecule has 2 heteroatoms. The van der Waals surface area contributed by atoms with E-state index in [1.54, 1.807) is 13.3 Å². The molecule has 0 saturated heterocycles. The summed E-state index contributed by atoms with van der Waals surface area (Å²) in [5.74, 6) is 0. The Morgan fingerprint density at radius 1 is 0.800 bits per heavy atom. The summed E-state index contributed by atoms with van der Waals surface area (Å²) in [6.45, 7) is 15.2. The number of allylic oxidation sites excluding steroid dienone is 1. The summed E-state index contributed by atoms with van der Waals surface area (Å²) in [7, 11) is 0. The number of hydrogen-bond donors (Lipinski definition) is 0. The van der Waals surface area contributed by atoms with Crippen LogP contribution in [0.4, 0.5) is 0 Å². The van der Waals surface area contributed by atoms with Gasteiger partial charge >= 0.3 is 133 Å². The Morgan fingerprint density at radius 2 is 1.20 bits per heavy atom. The van der Waals surface area contributed by atoms with E-state index in [9.17, 15) is 0 Å². The first-order valence-corrected chi connectivity index (χ1v) is 16.3. The van der Waals surface area contributed by atoms with Crippen LogP contribution in [0.2, 0.25) is 13.3 Å². The summed E-state index contributed by atoms with van der Waals surface area (Å²) < 4.78 is 7.60. The normalized spacial score (nSPS) is 11.5. The molecule has 0 aliphatic rings. The Bertz CT molecular complexity index is 234. The minimum atomic E-state index is -2.17. The van der Waals surface area contributed by atoms with Crippen molar-refractivity contribution in [2.24, 2.45) is 0 Å². The molecule has 0 atom stereocenters. The van der Waals surface area contributed by atoms with Gasteiger partial charge < -0.3 is 0 Å². The van der Waals surface area contributed by atoms with Crippen molar-refractivity contribution in [1.82, 2.24) is 3.12 Å². The van der Waals surface area contributed by atoms with Crippen LogP contribution in [0.5, 0.6) is 0 Å². The molecule has 1 nitrogen and oxygen atoms in total. The summed E-state index contributed by atoms with van der Waals surface area (Å²) in [6, 6.07) is 0. The summed E-state index contributed by atoms with van der Waals surface area (Å²) in [4.78, 5) is 0. The van der Waals surface area contributed by atoms with Crippen LogP contribution in [0.15, 0.2) is 11.8 Å². The van der Waals surface area contributed by atoms with Gasteiger partial charge in [-0.2, -0.15) is 0 Å². The van der Waals surface area contributed by atoms with Crippen molar-refractivity contribution in [2.75, 3.05) is 6.54 Å². The van der Waals surface area contributed by atoms with Crippen molar-refractivity contribution >= 4 is 18.7 Å². The third-order valence-electron chi connectivity index (χ3n) is 4.35. The second kappa shape index (κ2) is 11.9. The molecule has 0 spiro atoms. The van der Waals surface area contributed by atoms with E-state index in [1.807, 2.05) is 0 Å². The number of nitrogens with zero attached hydrogens (tertiary/aromatic N) is 1. The Hall–Kier alpha value is 0.339. The second-order valence-electron chi connectivity index (χ2n) is 6.53. The monoisotopic (exact) mass is 389 g/mol. The van der Waals surface area contributed by atoms with Gasteiger partial charge in [-0.3, -0.25) is 0 Å². The van der Waals surface area contributed by atoms with Crippen LogP contribution >= 0.6 is 0 Å². The molecule has 0 aromatic carbocycles. The van der Waals surface area contributed by atoms with Crippen molar-refractivity contribution in [3.8, 4) is 0 Å². The number of unbranched alkanes of at least 4 members (excludes halogenated alkanes) is 3. The average molecular weight is 388 g/mol. The van der Waals surface area contributed by atoms with Crippen molar-refractivity contribution in [3.05, 3.63) is 11.8 Å². The molecule has 0 aromatic heterocycles. The van der Waals surface area contributed by atoms with Gasteiger partial charge in [0.25, 0.3) is 0 Å². The average Bonchev–Trinajstić information content (AvgIpc) is 2.44. The molecule has 0 N–H and O–H groups in total. The van der Waals surface area contributed by atoms with E-state index in [0.29, 0.717) is 0 Å². The zero-order chi connectivity index (χ0) is 15.4. The van der Waals surface area contributed by atoms with E-state index in [4.69, 9.17) is 0 Å². The van der Waals surface area contributed by atoms with Crippen LogP contribution in [-0.2, 0) is 0 Å². The Kier molecular flexibility index (Phi) is 12.1. The molecular formula is C18H39NSn. The van der Waals surface area contributed by atoms with E-state index in [2.05, 4.69) is 50.9 Å². The molecule has 0 rings (SSSR count). The van der Waals surface area contributed by atoms with E-state index < -0.39 is 18.7 Å². The fraction of sp³-hybridized carbons (Fsp3) is 0.889. The standard InChI is InChI=1S/C6H12N.3C4H9.Sn/c1-4-7-5-6(2)3;3*1-3-4-2;/h5H,4H2,1-3H3;3*1,3-4H2,2H3;/q-1;;;;+1. The molecule has 0 bridgehead atoms. The van der Waals surface area contributed by atoms with Gasteiger partial charge in [0.1, 0.15) is 0 Å². The number of rotatable bonds is 12. The van der Waals surface area contributed by atoms with Crippen molar-refractivity contribution < 1.29 is 0 Å². The molecule has 120 valence electrons. The molecule has 0 unspecified atom stereocenters. The molecule has 0 fully saturated rings. The second-order valence-corrected chi connectivity index (χ2v) is 19.4. The maximum absolute atomic E-state index is 2.88. The molecule has 0 saturated carbocycles. The van der Waals surface area contributed by atoms with Gasteiger partial charge in [0.2, 0.25) is 0 Å². The van der Waals surface area contributed by atoms with Gasteiger partial charge in [0.15, 0.2) is 0 Å². The summed E-state index contributed by atoms with van der Waals surface area (Å²) in [5, 5.41) is 0. The molecule has 0 aliphatic heterocycles. The zero-order valence-corrected chi connectivity index (χ0v) is 17.9. The van der Waals surface area contributed by atoms with Crippen LogP contribution < -0.4 is 0 Å². The van der Waals surface area contributed by atoms with Crippen LogP contribution in [0.1, 0.15) is 80.1 Å². The molecule has 0 radical (unpaired) electrons. The van der Waals surface area contributed by atoms with Gasteiger partial charge in [-0.1, -0.05) is 0 Å². The summed E-state index contributed by atoms with van der Waals surface area (Å²) in [5.41, 5.74) is 1.48. The van der Waals surface area contributed by atoms with E-state index in [0.717, 1.165) is 0 Å². The van der Waals surface area contributed by atoms with Crippen LogP contribution in [0.25, 0.3) is 0 Å². The van der Waals surface area contributed by atoms with E-state index in [1.165, 1.54) is 50.6 Å². The van der Waals surface area contributed by atoms with Gasteiger partial charge in [-0.15, -0.1) is 0 Å². The quantitative estimate of drug-likeness (QED) is 0.342. The third-order valence-corrected chi connectivity index (χ3v) is 20.1. The van der Waals surface area contributed by atoms with E-state index in [-0.39, 0.29) is 0 Å². The fourth-order valence-corrected chi connectivity index (χ4v) is 19.9. The predicted molar refractivity (Wildman–Crippen MR) is 96.7 cm³/mol. The SMILES string of the molecule is CCC[CH2][Sn]([CH2]CCC)([CH2]CCC)[N](C=C(C)C)CC. The molecule has 0 amide bonds. The molecule has 0 aromatic rings. The topological polar surface area (TPSA) is 3.24 Å². The predicted octanol–water partition coefficient (Wildman–Crippen LogP) is 6.58.